The van der Waals surface area contributed by atoms with Crippen LogP contribution in [0, 0.1) is 0 Å². The second-order valence-corrected chi connectivity index (χ2v) is 6.46. The number of hydrogen-bond donors (Lipinski definition) is 0. The highest BCUT2D eigenvalue weighted by Gasteiger charge is 2.36. The second-order valence-electron chi connectivity index (χ2n) is 5.66. The predicted octanol–water partition coefficient (Wildman–Crippen LogP) is 2.58. The van der Waals surface area contributed by atoms with Crippen molar-refractivity contribution in [2.24, 2.45) is 0 Å². The van der Waals surface area contributed by atoms with Gasteiger partial charge in [-0.3, -0.25) is 0 Å². The molecule has 0 atom stereocenters. The minimum absolute atomic E-state index is 0.175. The molecule has 1 amide bonds. The van der Waals surface area contributed by atoms with E-state index in [1.54, 1.807) is 12.0 Å². The minimum atomic E-state index is -0.471. The summed E-state index contributed by atoms with van der Waals surface area (Å²) >= 11 is 3.44. The monoisotopic (exact) mass is 343 g/mol. The van der Waals surface area contributed by atoms with Gasteiger partial charge in [0.2, 0.25) is 5.88 Å². The lowest BCUT2D eigenvalue weighted by atomic mass is 9.96. The molecule has 2 rings (SSSR count). The van der Waals surface area contributed by atoms with Gasteiger partial charge in [0.15, 0.2) is 0 Å². The van der Waals surface area contributed by atoms with Crippen LogP contribution in [0.5, 0.6) is 5.88 Å². The van der Waals surface area contributed by atoms with Gasteiger partial charge in [-0.2, -0.15) is 0 Å². The van der Waals surface area contributed by atoms with E-state index in [0.717, 1.165) is 10.2 Å². The number of amides is 1. The second kappa shape index (κ2) is 5.55. The first kappa shape index (κ1) is 15.0. The number of carbonyl (C=O) groups is 1. The molecule has 0 aliphatic carbocycles. The highest BCUT2D eigenvalue weighted by Crippen LogP contribution is 2.34. The zero-order valence-electron chi connectivity index (χ0n) is 12.0. The number of likely N-dealkylation sites (tertiary alicyclic amines) is 1. The topological polar surface area (TPSA) is 64.6 Å². The summed E-state index contributed by atoms with van der Waals surface area (Å²) in [7, 11) is 1.56. The fourth-order valence-corrected chi connectivity index (χ4v) is 2.61. The highest BCUT2D eigenvalue weighted by atomic mass is 79.9. The average molecular weight is 344 g/mol. The smallest absolute Gasteiger partial charge is 0.410 e. The van der Waals surface area contributed by atoms with Crippen LogP contribution in [0.4, 0.5) is 4.79 Å². The minimum Gasteiger partial charge on any atom is -0.480 e. The van der Waals surface area contributed by atoms with Crippen LogP contribution in [0.15, 0.2) is 10.8 Å². The van der Waals surface area contributed by atoms with E-state index in [9.17, 15) is 4.79 Å². The van der Waals surface area contributed by atoms with Gasteiger partial charge < -0.3 is 14.4 Å². The summed E-state index contributed by atoms with van der Waals surface area (Å²) in [6.07, 6.45) is 1.18. The van der Waals surface area contributed by atoms with E-state index < -0.39 is 5.60 Å². The van der Waals surface area contributed by atoms with Crippen molar-refractivity contribution in [3.8, 4) is 5.88 Å². The first-order valence-electron chi connectivity index (χ1n) is 6.34. The van der Waals surface area contributed by atoms with Crippen molar-refractivity contribution in [2.45, 2.75) is 32.3 Å². The lowest BCUT2D eigenvalue weighted by Gasteiger charge is -2.39. The molecule has 6 nitrogen and oxygen atoms in total. The van der Waals surface area contributed by atoms with E-state index in [1.165, 1.54) is 6.33 Å². The summed E-state index contributed by atoms with van der Waals surface area (Å²) in [5, 5.41) is 0. The molecule has 0 N–H and O–H groups in total. The van der Waals surface area contributed by atoms with Crippen LogP contribution in [0.1, 0.15) is 32.4 Å². The molecular formula is C13H18BrN3O3. The molecule has 20 heavy (non-hydrogen) atoms. The number of rotatable bonds is 2. The van der Waals surface area contributed by atoms with Gasteiger partial charge >= 0.3 is 6.09 Å². The third kappa shape index (κ3) is 3.20. The molecule has 1 aromatic heterocycles. The molecule has 1 aliphatic rings. The molecule has 1 saturated heterocycles. The van der Waals surface area contributed by atoms with Crippen molar-refractivity contribution >= 4 is 22.0 Å². The Labute approximate surface area is 126 Å². The van der Waals surface area contributed by atoms with Gasteiger partial charge in [-0.15, -0.1) is 0 Å². The predicted molar refractivity (Wildman–Crippen MR) is 76.8 cm³/mol. The number of methoxy groups -OCH3 is 1. The van der Waals surface area contributed by atoms with Crippen molar-refractivity contribution in [2.75, 3.05) is 20.2 Å². The normalized spacial score (nSPS) is 15.8. The molecule has 1 fully saturated rings. The maximum Gasteiger partial charge on any atom is 0.410 e. The zero-order chi connectivity index (χ0) is 14.9. The number of hydrogen-bond acceptors (Lipinski definition) is 5. The SMILES string of the molecule is COc1ncnc(C2CN(C(=O)OC(C)(C)C)C2)c1Br. The van der Waals surface area contributed by atoms with Gasteiger partial charge in [0.25, 0.3) is 0 Å². The number of nitrogens with zero attached hydrogens (tertiary/aromatic N) is 3. The van der Waals surface area contributed by atoms with Crippen molar-refractivity contribution in [1.29, 1.82) is 0 Å². The van der Waals surface area contributed by atoms with Crippen LogP contribution in [0.25, 0.3) is 0 Å². The molecule has 0 spiro atoms. The summed E-state index contributed by atoms with van der Waals surface area (Å²) in [5.74, 6) is 0.680. The van der Waals surface area contributed by atoms with E-state index >= 15 is 0 Å². The van der Waals surface area contributed by atoms with Gasteiger partial charge in [-0.25, -0.2) is 14.8 Å². The molecule has 0 unspecified atom stereocenters. The fourth-order valence-electron chi connectivity index (χ4n) is 1.92. The van der Waals surface area contributed by atoms with Crippen molar-refractivity contribution in [1.82, 2.24) is 14.9 Å². The quantitative estimate of drug-likeness (QED) is 0.825. The Morgan fingerprint density at radius 3 is 2.60 bits per heavy atom. The van der Waals surface area contributed by atoms with Crippen LogP contribution < -0.4 is 4.74 Å². The lowest BCUT2D eigenvalue weighted by molar-refractivity contribution is 0.00779. The number of halogens is 1. The van der Waals surface area contributed by atoms with Gasteiger partial charge in [-0.05, 0) is 36.7 Å². The molecule has 0 saturated carbocycles. The molecule has 0 aromatic carbocycles. The Morgan fingerprint density at radius 2 is 2.05 bits per heavy atom. The third-order valence-electron chi connectivity index (χ3n) is 2.90. The Bertz CT molecular complexity index is 510. The molecule has 2 heterocycles. The standard InChI is InChI=1S/C13H18BrN3O3/c1-13(2,3)20-12(18)17-5-8(6-17)10-9(14)11(19-4)16-7-15-10/h7-8H,5-6H2,1-4H3. The summed E-state index contributed by atoms with van der Waals surface area (Å²) in [6, 6.07) is 0. The Hall–Kier alpha value is -1.37. The van der Waals surface area contributed by atoms with E-state index in [4.69, 9.17) is 9.47 Å². The van der Waals surface area contributed by atoms with Crippen LogP contribution in [0.3, 0.4) is 0 Å². The lowest BCUT2D eigenvalue weighted by Crippen LogP contribution is -2.50. The van der Waals surface area contributed by atoms with E-state index in [2.05, 4.69) is 25.9 Å². The average Bonchev–Trinajstić information content (AvgIpc) is 2.27. The third-order valence-corrected chi connectivity index (χ3v) is 3.64. The van der Waals surface area contributed by atoms with E-state index in [0.29, 0.717) is 19.0 Å². The zero-order valence-corrected chi connectivity index (χ0v) is 13.6. The molecule has 110 valence electrons. The molecule has 0 bridgehead atoms. The first-order valence-corrected chi connectivity index (χ1v) is 7.13. The van der Waals surface area contributed by atoms with Crippen LogP contribution in [-0.2, 0) is 4.74 Å². The van der Waals surface area contributed by atoms with E-state index in [-0.39, 0.29) is 12.0 Å². The molecule has 0 radical (unpaired) electrons. The van der Waals surface area contributed by atoms with Crippen LogP contribution >= 0.6 is 15.9 Å². The summed E-state index contributed by atoms with van der Waals surface area (Å²) in [4.78, 5) is 21.8. The molecule has 7 heteroatoms. The fraction of sp³-hybridized carbons (Fsp3) is 0.615. The highest BCUT2D eigenvalue weighted by molar-refractivity contribution is 9.10. The van der Waals surface area contributed by atoms with E-state index in [1.807, 2.05) is 20.8 Å². The number of aromatic nitrogens is 2. The summed E-state index contributed by atoms with van der Waals surface area (Å²) in [5.41, 5.74) is 0.387. The first-order chi connectivity index (χ1) is 9.31. The maximum atomic E-state index is 11.9. The maximum absolute atomic E-state index is 11.9. The Kier molecular flexibility index (Phi) is 4.17. The Morgan fingerprint density at radius 1 is 1.40 bits per heavy atom. The number of carbonyl (C=O) groups excluding carboxylic acids is 1. The number of ether oxygens (including phenoxy) is 2. The molecular weight excluding hydrogens is 326 g/mol. The van der Waals surface area contributed by atoms with Gasteiger partial charge in [0, 0.05) is 19.0 Å². The largest absolute Gasteiger partial charge is 0.480 e. The van der Waals surface area contributed by atoms with Crippen molar-refractivity contribution < 1.29 is 14.3 Å². The molecule has 1 aliphatic heterocycles. The molecule has 1 aromatic rings. The van der Waals surface area contributed by atoms with Gasteiger partial charge in [-0.1, -0.05) is 0 Å². The summed E-state index contributed by atoms with van der Waals surface area (Å²) < 4.78 is 11.2. The van der Waals surface area contributed by atoms with Crippen molar-refractivity contribution in [3.63, 3.8) is 0 Å². The Balaban J connectivity index is 1.99. The van der Waals surface area contributed by atoms with Crippen molar-refractivity contribution in [3.05, 3.63) is 16.5 Å². The van der Waals surface area contributed by atoms with Gasteiger partial charge in [0.1, 0.15) is 16.4 Å². The van der Waals surface area contributed by atoms with Crippen LogP contribution in [-0.4, -0.2) is 46.8 Å². The summed E-state index contributed by atoms with van der Waals surface area (Å²) in [6.45, 7) is 6.75. The van der Waals surface area contributed by atoms with Gasteiger partial charge in [0.05, 0.1) is 12.8 Å². The van der Waals surface area contributed by atoms with Crippen LogP contribution in [0.2, 0.25) is 0 Å².